The number of hydrogen-bond acceptors (Lipinski definition) is 4. The normalized spacial score (nSPS) is 10.8. The van der Waals surface area contributed by atoms with Gasteiger partial charge < -0.3 is 9.15 Å². The van der Waals surface area contributed by atoms with Crippen LogP contribution >= 0.6 is 0 Å². The number of rotatable bonds is 3. The fourth-order valence-electron chi connectivity index (χ4n) is 1.80. The maximum absolute atomic E-state index is 11.6. The molecule has 1 aromatic carbocycles. The molecule has 0 aliphatic rings. The van der Waals surface area contributed by atoms with Crippen LogP contribution in [0, 0.1) is 12.8 Å². The van der Waals surface area contributed by atoms with E-state index in [0.717, 1.165) is 10.9 Å². The molecule has 0 aliphatic carbocycles. The fraction of sp³-hybridized carbons (Fsp3) is 0.333. The predicted octanol–water partition coefficient (Wildman–Crippen LogP) is 3.31. The average molecular weight is 275 g/mol. The first-order valence-corrected chi connectivity index (χ1v) is 6.44. The maximum atomic E-state index is 11.6. The average Bonchev–Trinajstić information content (AvgIpc) is 2.35. The third kappa shape index (κ3) is 3.38. The van der Waals surface area contributed by atoms with E-state index in [-0.39, 0.29) is 5.92 Å². The molecule has 0 atom stereocenters. The molecule has 0 aliphatic heterocycles. The predicted molar refractivity (Wildman–Crippen MR) is 77.0 cm³/mol. The first-order valence-electron chi connectivity index (χ1n) is 6.44. The minimum atomic E-state index is -0.520. The van der Waals surface area contributed by atoms with Crippen molar-refractivity contribution in [3.05, 3.63) is 40.2 Å². The smallest absolute Gasteiger partial charge is 0.411 e. The molecule has 2 aromatic rings. The molecule has 0 saturated carbocycles. The molecule has 5 heteroatoms. The Morgan fingerprint density at radius 2 is 2.10 bits per heavy atom. The zero-order valence-corrected chi connectivity index (χ0v) is 11.7. The lowest BCUT2D eigenvalue weighted by Gasteiger charge is -2.09. The van der Waals surface area contributed by atoms with Gasteiger partial charge in [0.05, 0.1) is 6.61 Å². The molecular formula is C15H17NO4. The Kier molecular flexibility index (Phi) is 4.08. The van der Waals surface area contributed by atoms with E-state index in [1.54, 1.807) is 18.2 Å². The van der Waals surface area contributed by atoms with Crippen LogP contribution in [0.2, 0.25) is 0 Å². The first-order chi connectivity index (χ1) is 9.45. The lowest BCUT2D eigenvalue weighted by Crippen LogP contribution is -2.16. The molecule has 0 saturated heterocycles. The van der Waals surface area contributed by atoms with Crippen molar-refractivity contribution in [2.45, 2.75) is 20.8 Å². The van der Waals surface area contributed by atoms with Crippen LogP contribution in [0.4, 0.5) is 10.5 Å². The number of ether oxygens (including phenoxy) is 1. The highest BCUT2D eigenvalue weighted by molar-refractivity contribution is 5.89. The van der Waals surface area contributed by atoms with E-state index in [4.69, 9.17) is 9.15 Å². The van der Waals surface area contributed by atoms with Gasteiger partial charge in [-0.1, -0.05) is 13.8 Å². The summed E-state index contributed by atoms with van der Waals surface area (Å²) < 4.78 is 10.1. The van der Waals surface area contributed by atoms with Crippen LogP contribution in [0.25, 0.3) is 11.0 Å². The quantitative estimate of drug-likeness (QED) is 0.872. The summed E-state index contributed by atoms with van der Waals surface area (Å²) >= 11 is 0. The summed E-state index contributed by atoms with van der Waals surface area (Å²) in [6.07, 6.45) is -0.520. The molecule has 20 heavy (non-hydrogen) atoms. The van der Waals surface area contributed by atoms with E-state index in [2.05, 4.69) is 5.32 Å². The van der Waals surface area contributed by atoms with Gasteiger partial charge in [0.2, 0.25) is 0 Å². The van der Waals surface area contributed by atoms with Crippen molar-refractivity contribution >= 4 is 22.7 Å². The Labute approximate surface area is 116 Å². The van der Waals surface area contributed by atoms with Crippen molar-refractivity contribution in [3.63, 3.8) is 0 Å². The molecular weight excluding hydrogens is 258 g/mol. The number of carbonyl (C=O) groups is 1. The second-order valence-electron chi connectivity index (χ2n) is 5.08. The second kappa shape index (κ2) is 5.77. The summed E-state index contributed by atoms with van der Waals surface area (Å²) in [6, 6.07) is 6.59. The van der Waals surface area contributed by atoms with E-state index in [9.17, 15) is 9.59 Å². The molecule has 2 rings (SSSR count). The summed E-state index contributed by atoms with van der Waals surface area (Å²) in [5, 5.41) is 3.44. The number of aryl methyl sites for hydroxylation is 1. The van der Waals surface area contributed by atoms with Gasteiger partial charge in [0.1, 0.15) is 5.58 Å². The van der Waals surface area contributed by atoms with E-state index in [1.165, 1.54) is 6.07 Å². The van der Waals surface area contributed by atoms with Crippen molar-refractivity contribution in [3.8, 4) is 0 Å². The van der Waals surface area contributed by atoms with E-state index in [1.807, 2.05) is 20.8 Å². The summed E-state index contributed by atoms with van der Waals surface area (Å²) in [7, 11) is 0. The molecule has 1 heterocycles. The molecule has 1 N–H and O–H groups in total. The van der Waals surface area contributed by atoms with Gasteiger partial charge in [-0.2, -0.15) is 0 Å². The zero-order chi connectivity index (χ0) is 14.7. The molecule has 0 unspecified atom stereocenters. The van der Waals surface area contributed by atoms with Crippen molar-refractivity contribution in [1.82, 2.24) is 0 Å². The largest absolute Gasteiger partial charge is 0.449 e. The summed E-state index contributed by atoms with van der Waals surface area (Å²) in [5.74, 6) is 0.276. The molecule has 1 amide bonds. The molecule has 5 nitrogen and oxygen atoms in total. The summed E-state index contributed by atoms with van der Waals surface area (Å²) in [6.45, 7) is 6.11. The first kappa shape index (κ1) is 14.1. The van der Waals surface area contributed by atoms with Gasteiger partial charge in [-0.25, -0.2) is 9.59 Å². The van der Waals surface area contributed by atoms with Gasteiger partial charge in [-0.15, -0.1) is 0 Å². The Morgan fingerprint density at radius 3 is 2.80 bits per heavy atom. The van der Waals surface area contributed by atoms with Gasteiger partial charge in [-0.05, 0) is 30.5 Å². The van der Waals surface area contributed by atoms with E-state index in [0.29, 0.717) is 17.9 Å². The monoisotopic (exact) mass is 275 g/mol. The molecule has 0 fully saturated rings. The van der Waals surface area contributed by atoms with Gasteiger partial charge in [0.15, 0.2) is 0 Å². The third-order valence-electron chi connectivity index (χ3n) is 2.75. The van der Waals surface area contributed by atoms with Crippen LogP contribution in [0.3, 0.4) is 0 Å². The highest BCUT2D eigenvalue weighted by atomic mass is 16.5. The highest BCUT2D eigenvalue weighted by Gasteiger charge is 2.07. The van der Waals surface area contributed by atoms with Crippen molar-refractivity contribution in [1.29, 1.82) is 0 Å². The van der Waals surface area contributed by atoms with Gasteiger partial charge in [0, 0.05) is 23.2 Å². The third-order valence-corrected chi connectivity index (χ3v) is 2.75. The summed E-state index contributed by atoms with van der Waals surface area (Å²) in [4.78, 5) is 22.9. The minimum Gasteiger partial charge on any atom is -0.449 e. The summed E-state index contributed by atoms with van der Waals surface area (Å²) in [5.41, 5.74) is 1.40. The molecule has 0 spiro atoms. The Morgan fingerprint density at radius 1 is 1.35 bits per heavy atom. The van der Waals surface area contributed by atoms with Crippen molar-refractivity contribution < 1.29 is 13.9 Å². The zero-order valence-electron chi connectivity index (χ0n) is 11.7. The van der Waals surface area contributed by atoms with E-state index < -0.39 is 11.7 Å². The number of anilines is 1. The Hall–Kier alpha value is -2.30. The van der Waals surface area contributed by atoms with Gasteiger partial charge in [-0.3, -0.25) is 5.32 Å². The van der Waals surface area contributed by atoms with Crippen LogP contribution in [0.1, 0.15) is 19.4 Å². The molecule has 0 bridgehead atoms. The van der Waals surface area contributed by atoms with Gasteiger partial charge >= 0.3 is 11.7 Å². The van der Waals surface area contributed by atoms with Crippen LogP contribution < -0.4 is 10.9 Å². The standard InChI is InChI=1S/C15H17NO4/c1-9(2)8-19-15(18)16-11-4-5-12-10(3)6-14(17)20-13(12)7-11/h4-7,9H,8H2,1-3H3,(H,16,18). The van der Waals surface area contributed by atoms with Crippen LogP contribution in [-0.2, 0) is 4.74 Å². The lowest BCUT2D eigenvalue weighted by atomic mass is 10.1. The number of amides is 1. The Balaban J connectivity index is 2.20. The number of benzene rings is 1. The molecule has 106 valence electrons. The molecule has 1 aromatic heterocycles. The van der Waals surface area contributed by atoms with Crippen LogP contribution in [0.15, 0.2) is 33.5 Å². The maximum Gasteiger partial charge on any atom is 0.411 e. The number of hydrogen-bond donors (Lipinski definition) is 1. The lowest BCUT2D eigenvalue weighted by molar-refractivity contribution is 0.147. The van der Waals surface area contributed by atoms with Crippen molar-refractivity contribution in [2.24, 2.45) is 5.92 Å². The highest BCUT2D eigenvalue weighted by Crippen LogP contribution is 2.20. The Bertz CT molecular complexity index is 688. The second-order valence-corrected chi connectivity index (χ2v) is 5.08. The number of carbonyl (C=O) groups excluding carboxylic acids is 1. The molecule has 0 radical (unpaired) electrons. The number of fused-ring (bicyclic) bond motifs is 1. The van der Waals surface area contributed by atoms with Gasteiger partial charge in [0.25, 0.3) is 0 Å². The fourth-order valence-corrected chi connectivity index (χ4v) is 1.80. The number of nitrogens with one attached hydrogen (secondary N) is 1. The minimum absolute atomic E-state index is 0.276. The van der Waals surface area contributed by atoms with Crippen LogP contribution in [0.5, 0.6) is 0 Å². The van der Waals surface area contributed by atoms with Crippen molar-refractivity contribution in [2.75, 3.05) is 11.9 Å². The SMILES string of the molecule is Cc1cc(=O)oc2cc(NC(=O)OCC(C)C)ccc12. The van der Waals surface area contributed by atoms with Crippen LogP contribution in [-0.4, -0.2) is 12.7 Å². The topological polar surface area (TPSA) is 68.5 Å². The van der Waals surface area contributed by atoms with E-state index >= 15 is 0 Å².